The molecule has 0 spiro atoms. The van der Waals surface area contributed by atoms with E-state index in [-0.39, 0.29) is 5.76 Å². The Kier molecular flexibility index (Phi) is 3.47. The van der Waals surface area contributed by atoms with Crippen LogP contribution in [0, 0.1) is 0 Å². The number of rotatable bonds is 3. The summed E-state index contributed by atoms with van der Waals surface area (Å²) in [6, 6.07) is 8.77. The minimum absolute atomic E-state index is 0.180. The first kappa shape index (κ1) is 11.0. The molecule has 4 nitrogen and oxygen atoms in total. The van der Waals surface area contributed by atoms with Crippen LogP contribution < -0.4 is 0 Å². The summed E-state index contributed by atoms with van der Waals surface area (Å²) >= 11 is 0. The van der Waals surface area contributed by atoms with Gasteiger partial charge in [-0.2, -0.15) is 0 Å². The highest BCUT2D eigenvalue weighted by Gasteiger charge is 2.17. The Balaban J connectivity index is 2.91. The predicted molar refractivity (Wildman–Crippen MR) is 53.2 cm³/mol. The summed E-state index contributed by atoms with van der Waals surface area (Å²) in [5, 5.41) is 0. The zero-order valence-electron chi connectivity index (χ0n) is 7.62. The molecule has 1 rings (SSSR count). The monoisotopic (exact) mass is 214 g/mol. The maximum absolute atomic E-state index is 10.6. The van der Waals surface area contributed by atoms with Crippen LogP contribution >= 0.6 is 7.82 Å². The minimum Gasteiger partial charge on any atom is -0.404 e. The van der Waals surface area contributed by atoms with E-state index in [0.29, 0.717) is 5.56 Å². The normalized spacial score (nSPS) is 12.6. The second-order valence-corrected chi connectivity index (χ2v) is 3.76. The molecule has 0 radical (unpaired) electrons. The van der Waals surface area contributed by atoms with Gasteiger partial charge in [-0.3, -0.25) is 9.79 Å². The van der Waals surface area contributed by atoms with Crippen molar-refractivity contribution in [1.82, 2.24) is 0 Å². The molecule has 0 unspecified atom stereocenters. The molecule has 5 heteroatoms. The van der Waals surface area contributed by atoms with Crippen molar-refractivity contribution in [2.24, 2.45) is 0 Å². The molecule has 1 aromatic rings. The number of hydrogen-bond acceptors (Lipinski definition) is 2. The topological polar surface area (TPSA) is 66.8 Å². The van der Waals surface area contributed by atoms with Gasteiger partial charge in [-0.25, -0.2) is 4.57 Å². The molecule has 0 atom stereocenters. The molecule has 0 heterocycles. The third-order valence-corrected chi connectivity index (χ3v) is 1.97. The van der Waals surface area contributed by atoms with Crippen LogP contribution in [0.15, 0.2) is 36.4 Å². The summed E-state index contributed by atoms with van der Waals surface area (Å²) in [5.74, 6) is 0.180. The Hall–Kier alpha value is -1.09. The summed E-state index contributed by atoms with van der Waals surface area (Å²) < 4.78 is 15.1. The third kappa shape index (κ3) is 3.34. The van der Waals surface area contributed by atoms with E-state index in [4.69, 9.17) is 9.79 Å². The third-order valence-electron chi connectivity index (χ3n) is 1.54. The largest absolute Gasteiger partial charge is 0.524 e. The standard InChI is InChI=1S/C9H11O4P/c1-2-9(13-14(10,11)12)8-6-4-3-5-7-8/h2-7H,1H3,(H2,10,11,12)/b9-2+. The van der Waals surface area contributed by atoms with Crippen molar-refractivity contribution < 1.29 is 18.9 Å². The van der Waals surface area contributed by atoms with Crippen molar-refractivity contribution in [2.75, 3.05) is 0 Å². The van der Waals surface area contributed by atoms with E-state index < -0.39 is 7.82 Å². The SMILES string of the molecule is C/C=C(/OP(=O)(O)O)c1ccccc1. The summed E-state index contributed by atoms with van der Waals surface area (Å²) in [5.41, 5.74) is 0.637. The van der Waals surface area contributed by atoms with E-state index in [9.17, 15) is 4.57 Å². The van der Waals surface area contributed by atoms with Crippen LogP contribution in [0.5, 0.6) is 0 Å². The number of phosphoric ester groups is 1. The number of hydrogen-bond donors (Lipinski definition) is 2. The van der Waals surface area contributed by atoms with Crippen LogP contribution in [-0.2, 0) is 9.09 Å². The Morgan fingerprint density at radius 2 is 1.93 bits per heavy atom. The quantitative estimate of drug-likeness (QED) is 0.597. The minimum atomic E-state index is -4.47. The van der Waals surface area contributed by atoms with Gasteiger partial charge in [-0.1, -0.05) is 30.3 Å². The molecule has 0 saturated carbocycles. The van der Waals surface area contributed by atoms with Crippen molar-refractivity contribution >= 4 is 13.6 Å². The van der Waals surface area contributed by atoms with Crippen LogP contribution in [-0.4, -0.2) is 9.79 Å². The molecule has 0 saturated heterocycles. The lowest BCUT2D eigenvalue weighted by molar-refractivity contribution is 0.269. The first-order valence-corrected chi connectivity index (χ1v) is 5.53. The first-order valence-electron chi connectivity index (χ1n) is 4.00. The lowest BCUT2D eigenvalue weighted by Gasteiger charge is -2.10. The van der Waals surface area contributed by atoms with E-state index >= 15 is 0 Å². The molecular formula is C9H11O4P. The first-order chi connectivity index (χ1) is 6.53. The average Bonchev–Trinajstić information content (AvgIpc) is 2.14. The molecule has 0 amide bonds. The molecule has 14 heavy (non-hydrogen) atoms. The number of allylic oxidation sites excluding steroid dienone is 1. The Morgan fingerprint density at radius 1 is 1.36 bits per heavy atom. The molecule has 0 fully saturated rings. The van der Waals surface area contributed by atoms with Gasteiger partial charge in [-0.05, 0) is 13.0 Å². The average molecular weight is 214 g/mol. The van der Waals surface area contributed by atoms with E-state index in [0.717, 1.165) is 0 Å². The van der Waals surface area contributed by atoms with Crippen molar-refractivity contribution in [3.8, 4) is 0 Å². The fourth-order valence-corrected chi connectivity index (χ4v) is 1.47. The molecule has 0 aromatic heterocycles. The zero-order chi connectivity index (χ0) is 10.6. The van der Waals surface area contributed by atoms with Crippen LogP contribution in [0.3, 0.4) is 0 Å². The van der Waals surface area contributed by atoms with Gasteiger partial charge < -0.3 is 4.52 Å². The van der Waals surface area contributed by atoms with Gasteiger partial charge in [0.2, 0.25) is 0 Å². The Bertz CT molecular complexity index is 366. The van der Waals surface area contributed by atoms with Gasteiger partial charge >= 0.3 is 7.82 Å². The lowest BCUT2D eigenvalue weighted by atomic mass is 10.2. The van der Waals surface area contributed by atoms with E-state index in [1.165, 1.54) is 6.08 Å². The fraction of sp³-hybridized carbons (Fsp3) is 0.111. The second-order valence-electron chi connectivity index (χ2n) is 2.60. The van der Waals surface area contributed by atoms with E-state index in [2.05, 4.69) is 4.52 Å². The molecular weight excluding hydrogens is 203 g/mol. The molecule has 0 aliphatic heterocycles. The Labute approximate surface area is 82.1 Å². The molecule has 2 N–H and O–H groups in total. The zero-order valence-corrected chi connectivity index (χ0v) is 8.52. The van der Waals surface area contributed by atoms with Crippen LogP contribution in [0.2, 0.25) is 0 Å². The lowest BCUT2D eigenvalue weighted by Crippen LogP contribution is -1.89. The van der Waals surface area contributed by atoms with E-state index in [1.807, 2.05) is 6.07 Å². The van der Waals surface area contributed by atoms with Crippen molar-refractivity contribution in [1.29, 1.82) is 0 Å². The molecule has 0 aliphatic rings. The van der Waals surface area contributed by atoms with Gasteiger partial charge in [0.25, 0.3) is 0 Å². The highest BCUT2D eigenvalue weighted by atomic mass is 31.2. The summed E-state index contributed by atoms with van der Waals surface area (Å²) in [4.78, 5) is 17.3. The molecule has 0 bridgehead atoms. The van der Waals surface area contributed by atoms with Crippen LogP contribution in [0.4, 0.5) is 0 Å². The Morgan fingerprint density at radius 3 is 2.36 bits per heavy atom. The van der Waals surface area contributed by atoms with Gasteiger partial charge in [0, 0.05) is 5.56 Å². The number of phosphoric acid groups is 1. The van der Waals surface area contributed by atoms with Crippen molar-refractivity contribution in [2.45, 2.75) is 6.92 Å². The van der Waals surface area contributed by atoms with Gasteiger partial charge in [0.1, 0.15) is 5.76 Å². The molecule has 76 valence electrons. The van der Waals surface area contributed by atoms with Crippen molar-refractivity contribution in [3.05, 3.63) is 42.0 Å². The molecule has 0 aliphatic carbocycles. The summed E-state index contributed by atoms with van der Waals surface area (Å²) in [6.45, 7) is 1.65. The van der Waals surface area contributed by atoms with E-state index in [1.54, 1.807) is 31.2 Å². The van der Waals surface area contributed by atoms with Gasteiger partial charge in [0.15, 0.2) is 0 Å². The van der Waals surface area contributed by atoms with Crippen molar-refractivity contribution in [3.63, 3.8) is 0 Å². The predicted octanol–water partition coefficient (Wildman–Crippen LogP) is 2.16. The van der Waals surface area contributed by atoms with Gasteiger partial charge in [-0.15, -0.1) is 0 Å². The van der Waals surface area contributed by atoms with Gasteiger partial charge in [0.05, 0.1) is 0 Å². The summed E-state index contributed by atoms with van der Waals surface area (Å²) in [6.07, 6.45) is 1.51. The smallest absolute Gasteiger partial charge is 0.404 e. The maximum Gasteiger partial charge on any atom is 0.524 e. The second kappa shape index (κ2) is 4.42. The highest BCUT2D eigenvalue weighted by molar-refractivity contribution is 7.46. The fourth-order valence-electron chi connectivity index (χ4n) is 1.00. The number of benzene rings is 1. The van der Waals surface area contributed by atoms with Crippen LogP contribution in [0.25, 0.3) is 5.76 Å². The van der Waals surface area contributed by atoms with Crippen LogP contribution in [0.1, 0.15) is 12.5 Å². The molecule has 1 aromatic carbocycles. The summed E-state index contributed by atoms with van der Waals surface area (Å²) in [7, 11) is -4.47. The maximum atomic E-state index is 10.6. The highest BCUT2D eigenvalue weighted by Crippen LogP contribution is 2.41.